The van der Waals surface area contributed by atoms with E-state index in [4.69, 9.17) is 25.8 Å². The second kappa shape index (κ2) is 31.8. The van der Waals surface area contributed by atoms with E-state index in [0.29, 0.717) is 80.4 Å². The molecule has 77 heavy (non-hydrogen) atoms. The maximum absolute atomic E-state index is 13.5. The van der Waals surface area contributed by atoms with Crippen LogP contribution < -0.4 is 54.0 Å². The summed E-state index contributed by atoms with van der Waals surface area (Å²) in [6.45, 7) is 13.4. The molecule has 0 radical (unpaired) electrons. The number of H-pyrrole nitrogens is 1. The van der Waals surface area contributed by atoms with Crippen LogP contribution in [0, 0.1) is 11.8 Å². The van der Waals surface area contributed by atoms with Crippen LogP contribution in [0.4, 0.5) is 16.3 Å². The number of piperidine rings is 1. The molecule has 3 atom stereocenters. The molecule has 24 heteroatoms. The van der Waals surface area contributed by atoms with Gasteiger partial charge in [0, 0.05) is 38.3 Å². The summed E-state index contributed by atoms with van der Waals surface area (Å²) in [7, 11) is 0. The number of anilines is 2. The zero-order valence-corrected chi connectivity index (χ0v) is 45.1. The van der Waals surface area contributed by atoms with Crippen LogP contribution in [-0.2, 0) is 58.0 Å². The molecule has 2 aromatic heterocycles. The van der Waals surface area contributed by atoms with E-state index in [2.05, 4.69) is 75.6 Å². The number of carbonyl (C=O) groups excluding carboxylic acids is 6. The molecule has 1 aliphatic rings. The number of unbranched alkanes of at least 4 members (excludes halogenated alkanes) is 2. The van der Waals surface area contributed by atoms with Crippen molar-refractivity contribution in [2.75, 3.05) is 63.7 Å². The van der Waals surface area contributed by atoms with Crippen molar-refractivity contribution < 1.29 is 47.8 Å². The first-order valence-corrected chi connectivity index (χ1v) is 26.6. The number of nitrogens with one attached hydrogen (secondary N) is 7. The topological polar surface area (TPSA) is 330 Å². The summed E-state index contributed by atoms with van der Waals surface area (Å²) in [5.41, 5.74) is 9.70. The molecule has 0 bridgehead atoms. The van der Waals surface area contributed by atoms with Gasteiger partial charge in [-0.2, -0.15) is 9.97 Å². The summed E-state index contributed by atoms with van der Waals surface area (Å²) in [6, 6.07) is 12.2. The molecule has 0 saturated carbocycles. The number of rotatable bonds is 32. The van der Waals surface area contributed by atoms with Crippen LogP contribution in [0.5, 0.6) is 6.01 Å². The summed E-state index contributed by atoms with van der Waals surface area (Å²) >= 11 is 0. The Labute approximate surface area is 449 Å². The van der Waals surface area contributed by atoms with Gasteiger partial charge in [-0.25, -0.2) is 15.5 Å². The Bertz CT molecular complexity index is 2580. The summed E-state index contributed by atoms with van der Waals surface area (Å²) < 4.78 is 17.9. The third-order valence-electron chi connectivity index (χ3n) is 13.0. The third-order valence-corrected chi connectivity index (χ3v) is 13.0. The highest BCUT2D eigenvalue weighted by Gasteiger charge is 2.28. The monoisotopic (exact) mass is 1070 g/mol. The molecule has 0 unspecified atom stereocenters. The van der Waals surface area contributed by atoms with Crippen molar-refractivity contribution >= 4 is 58.3 Å². The molecule has 0 spiro atoms. The molecule has 1 fully saturated rings. The van der Waals surface area contributed by atoms with Crippen molar-refractivity contribution in [1.29, 1.82) is 0 Å². The van der Waals surface area contributed by atoms with E-state index in [1.807, 2.05) is 19.1 Å². The summed E-state index contributed by atoms with van der Waals surface area (Å²) in [5, 5.41) is 16.5. The lowest BCUT2D eigenvalue weighted by molar-refractivity contribution is -0.132. The highest BCUT2D eigenvalue weighted by molar-refractivity contribution is 5.98. The van der Waals surface area contributed by atoms with Crippen LogP contribution in [-0.4, -0.2) is 131 Å². The molecule has 6 amide bonds. The number of ether oxygens (including phenoxy) is 3. The van der Waals surface area contributed by atoms with E-state index in [1.54, 1.807) is 38.1 Å². The number of likely N-dealkylation sites (tertiary alicyclic amines) is 1. The van der Waals surface area contributed by atoms with E-state index in [-0.39, 0.29) is 67.4 Å². The number of imidazole rings is 1. The zero-order chi connectivity index (χ0) is 55.7. The molecule has 1 aliphatic heterocycles. The Morgan fingerprint density at radius 1 is 0.792 bits per heavy atom. The molecule has 24 nitrogen and oxygen atoms in total. The van der Waals surface area contributed by atoms with Gasteiger partial charge < -0.3 is 56.8 Å². The lowest BCUT2D eigenvalue weighted by Gasteiger charge is -2.32. The minimum atomic E-state index is -0.920. The van der Waals surface area contributed by atoms with Crippen molar-refractivity contribution in [1.82, 2.24) is 51.0 Å². The van der Waals surface area contributed by atoms with E-state index < -0.39 is 36.0 Å². The molecule has 3 heterocycles. The Morgan fingerprint density at radius 2 is 1.49 bits per heavy atom. The molecule has 422 valence electrons. The largest absolute Gasteiger partial charge is 0.463 e. The third kappa shape index (κ3) is 20.4. The minimum Gasteiger partial charge on any atom is -0.463 e. The van der Waals surface area contributed by atoms with Gasteiger partial charge >= 0.3 is 17.8 Å². The zero-order valence-electron chi connectivity index (χ0n) is 45.1. The number of benzene rings is 2. The van der Waals surface area contributed by atoms with Crippen LogP contribution in [0.1, 0.15) is 109 Å². The number of nitrogens with zero attached hydrogens (tertiary/aromatic N) is 4. The fraction of sp³-hybridized carbons (Fsp3) is 0.566. The first-order chi connectivity index (χ1) is 37.1. The number of nitrogen functional groups attached to an aromatic ring is 1. The van der Waals surface area contributed by atoms with Crippen LogP contribution in [0.3, 0.4) is 0 Å². The van der Waals surface area contributed by atoms with Crippen LogP contribution >= 0.6 is 0 Å². The smallest absolute Gasteiger partial charge is 0.408 e. The lowest BCUT2D eigenvalue weighted by Crippen LogP contribution is -2.53. The average molecular weight is 1070 g/mol. The van der Waals surface area contributed by atoms with Gasteiger partial charge in [-0.05, 0) is 113 Å². The van der Waals surface area contributed by atoms with E-state index in [1.165, 1.54) is 11.5 Å². The Hall–Kier alpha value is -7.15. The fourth-order valence-electron chi connectivity index (χ4n) is 8.52. The number of amides is 6. The second-order valence-electron chi connectivity index (χ2n) is 19.5. The summed E-state index contributed by atoms with van der Waals surface area (Å²) in [4.78, 5) is 108. The van der Waals surface area contributed by atoms with Crippen molar-refractivity contribution in [3.8, 4) is 6.01 Å². The second-order valence-corrected chi connectivity index (χ2v) is 19.5. The van der Waals surface area contributed by atoms with E-state index in [0.717, 1.165) is 62.9 Å². The Kier molecular flexibility index (Phi) is 25.1. The molecular formula is C53H79N13O11. The maximum atomic E-state index is 13.5. The predicted molar refractivity (Wildman–Crippen MR) is 289 cm³/mol. The van der Waals surface area contributed by atoms with Crippen LogP contribution in [0.25, 0.3) is 11.2 Å². The lowest BCUT2D eigenvalue weighted by atomic mass is 9.93. The normalized spacial score (nSPS) is 14.1. The van der Waals surface area contributed by atoms with Gasteiger partial charge in [0.15, 0.2) is 11.5 Å². The molecule has 0 aliphatic carbocycles. The van der Waals surface area contributed by atoms with Gasteiger partial charge in [0.1, 0.15) is 36.9 Å². The van der Waals surface area contributed by atoms with Gasteiger partial charge in [0.05, 0.1) is 19.8 Å². The number of alkyl carbamates (subject to hydrolysis) is 1. The minimum absolute atomic E-state index is 0.110. The number of hydrogen-bond acceptors (Lipinski definition) is 16. The van der Waals surface area contributed by atoms with Crippen LogP contribution in [0.15, 0.2) is 53.3 Å². The number of fused-ring (bicyclic) bond motifs is 1. The highest BCUT2D eigenvalue weighted by Crippen LogP contribution is 2.23. The van der Waals surface area contributed by atoms with Crippen molar-refractivity contribution in [3.05, 3.63) is 75.7 Å². The maximum Gasteiger partial charge on any atom is 0.408 e. The average Bonchev–Trinajstić information content (AvgIpc) is 3.73. The SMILES string of the molecule is CCCCOc1nc(N)c2[nH]c(=O)n(Cc3ccc(CN4CCC(CCNC(=O)[C@H](CCCCNC(=O)CON)NC(=O)OCc5ccc(NC(=O)[C@H](C)NC(=O)[C@@H](NC(=O)CCOCC)C(C)C)cc5)CC4)cc3)c2n1. The predicted octanol–water partition coefficient (Wildman–Crippen LogP) is 3.13. The van der Waals surface area contributed by atoms with Gasteiger partial charge in [0.2, 0.25) is 29.5 Å². The molecule has 2 aromatic carbocycles. The highest BCUT2D eigenvalue weighted by atomic mass is 16.6. The van der Waals surface area contributed by atoms with Gasteiger partial charge in [-0.1, -0.05) is 63.6 Å². The number of aromatic nitrogens is 4. The molecule has 5 rings (SSSR count). The van der Waals surface area contributed by atoms with E-state index in [9.17, 15) is 33.6 Å². The number of hydrogen-bond donors (Lipinski definition) is 9. The van der Waals surface area contributed by atoms with Crippen molar-refractivity contribution in [2.45, 2.75) is 130 Å². The number of aromatic amines is 1. The molecule has 11 N–H and O–H groups in total. The molecule has 4 aromatic rings. The van der Waals surface area contributed by atoms with Gasteiger partial charge in [-0.3, -0.25) is 38.3 Å². The summed E-state index contributed by atoms with van der Waals surface area (Å²) in [6.07, 6.45) is 5.15. The van der Waals surface area contributed by atoms with Crippen molar-refractivity contribution in [2.24, 2.45) is 17.7 Å². The number of nitrogens with two attached hydrogens (primary N) is 2. The Balaban J connectivity index is 1.05. The van der Waals surface area contributed by atoms with E-state index >= 15 is 0 Å². The van der Waals surface area contributed by atoms with Crippen molar-refractivity contribution in [3.63, 3.8) is 0 Å². The quantitative estimate of drug-likeness (QED) is 0.0251. The first kappa shape index (κ1) is 60.7. The fourth-order valence-corrected chi connectivity index (χ4v) is 8.52. The molecular weight excluding hydrogens is 995 g/mol. The Morgan fingerprint density at radius 3 is 2.17 bits per heavy atom. The van der Waals surface area contributed by atoms with Crippen LogP contribution in [0.2, 0.25) is 0 Å². The summed E-state index contributed by atoms with van der Waals surface area (Å²) in [5.74, 6) is 3.31. The van der Waals surface area contributed by atoms with Gasteiger partial charge in [0.25, 0.3) is 0 Å². The van der Waals surface area contributed by atoms with Gasteiger partial charge in [-0.15, -0.1) is 0 Å². The standard InChI is InChI=1S/C53H79N13O11/c1-6-8-28-75-51-63-46(54)45-47(64-51)66(52(72)62-45)31-38-14-12-37(13-15-38)30-65-26-21-36(22-27-65)20-25-57-49(70)41(11-9-10-24-56-43(68)33-77-55)60-53(73)76-32-39-16-18-40(19-17-39)59-48(69)35(5)58-50(71)44(34(3)4)61-42(67)23-29-74-7-2/h12-19,34-36,41,44H,6-11,20-33,55H2,1-5H3,(H,56,68)(H,57,70)(H,58,71)(H,59,69)(H,60,73)(H,61,67)(H,62,72)(H2,54,63,64)/t35-,41-,44-/m0/s1. The molecule has 1 saturated heterocycles. The number of carbonyl (C=O) groups is 6. The first-order valence-electron chi connectivity index (χ1n) is 26.6.